The highest BCUT2D eigenvalue weighted by atomic mass is 15.5. The van der Waals surface area contributed by atoms with Gasteiger partial charge in [-0.1, -0.05) is 78.8 Å². The van der Waals surface area contributed by atoms with Crippen molar-refractivity contribution in [3.63, 3.8) is 0 Å². The molecule has 2 unspecified atom stereocenters. The largest absolute Gasteiger partial charge is 0.304 e. The molecule has 0 radical (unpaired) electrons. The smallest absolute Gasteiger partial charge is 0.0671 e. The Kier molecular flexibility index (Phi) is 3.92. The van der Waals surface area contributed by atoms with Crippen LogP contribution in [-0.4, -0.2) is 5.54 Å². The molecule has 0 saturated heterocycles. The van der Waals surface area contributed by atoms with Gasteiger partial charge in [-0.05, 0) is 64.5 Å². The van der Waals surface area contributed by atoms with Crippen LogP contribution in [0.25, 0.3) is 0 Å². The van der Waals surface area contributed by atoms with E-state index >= 15 is 0 Å². The number of hydrazine groups is 1. The first kappa shape index (κ1) is 19.5. The van der Waals surface area contributed by atoms with Crippen molar-refractivity contribution in [2.75, 3.05) is 5.01 Å². The van der Waals surface area contributed by atoms with Gasteiger partial charge in [-0.15, -0.1) is 0 Å². The summed E-state index contributed by atoms with van der Waals surface area (Å²) in [4.78, 5) is 0. The normalized spacial score (nSPS) is 26.7. The van der Waals surface area contributed by atoms with E-state index < -0.39 is 0 Å². The van der Waals surface area contributed by atoms with Crippen molar-refractivity contribution in [1.29, 1.82) is 0 Å². The monoisotopic (exact) mass is 376 g/mol. The molecule has 150 valence electrons. The lowest BCUT2D eigenvalue weighted by atomic mass is 9.59. The maximum atomic E-state index is 6.77. The number of nitrogens with two attached hydrogens (primary N) is 1. The van der Waals surface area contributed by atoms with Crippen LogP contribution in [-0.2, 0) is 29.1 Å². The van der Waals surface area contributed by atoms with Crippen LogP contribution in [0.5, 0.6) is 0 Å². The zero-order valence-electron chi connectivity index (χ0n) is 18.9. The summed E-state index contributed by atoms with van der Waals surface area (Å²) >= 11 is 0. The van der Waals surface area contributed by atoms with E-state index in [0.29, 0.717) is 0 Å². The first-order valence-corrected chi connectivity index (χ1v) is 10.6. The van der Waals surface area contributed by atoms with E-state index in [0.717, 1.165) is 12.8 Å². The molecule has 1 heterocycles. The van der Waals surface area contributed by atoms with Gasteiger partial charge in [0.05, 0.1) is 11.2 Å². The Morgan fingerprint density at radius 1 is 0.786 bits per heavy atom. The number of anilines is 1. The molecule has 2 N–H and O–H groups in total. The van der Waals surface area contributed by atoms with E-state index in [1.807, 2.05) is 0 Å². The summed E-state index contributed by atoms with van der Waals surface area (Å²) < 4.78 is 0. The van der Waals surface area contributed by atoms with Crippen molar-refractivity contribution in [2.24, 2.45) is 5.84 Å². The molecule has 1 aliphatic heterocycles. The molecular formula is C26H36N2. The maximum absolute atomic E-state index is 6.77. The van der Waals surface area contributed by atoms with Crippen molar-refractivity contribution in [1.82, 2.24) is 0 Å². The van der Waals surface area contributed by atoms with Crippen molar-refractivity contribution in [2.45, 2.75) is 90.0 Å². The van der Waals surface area contributed by atoms with Gasteiger partial charge in [0.2, 0.25) is 0 Å². The average Bonchev–Trinajstić information content (AvgIpc) is 2.75. The predicted molar refractivity (Wildman–Crippen MR) is 120 cm³/mol. The zero-order valence-corrected chi connectivity index (χ0v) is 18.9. The molecule has 2 heteroatoms. The van der Waals surface area contributed by atoms with Crippen LogP contribution in [0, 0.1) is 0 Å². The Bertz CT molecular complexity index is 944. The van der Waals surface area contributed by atoms with Gasteiger partial charge < -0.3 is 5.01 Å². The fourth-order valence-corrected chi connectivity index (χ4v) is 5.22. The molecule has 0 aromatic heterocycles. The highest BCUT2D eigenvalue weighted by Gasteiger charge is 2.58. The molecule has 2 atom stereocenters. The van der Waals surface area contributed by atoms with Crippen LogP contribution in [0.4, 0.5) is 5.69 Å². The molecule has 2 aliphatic rings. The van der Waals surface area contributed by atoms with E-state index in [1.54, 1.807) is 0 Å². The highest BCUT2D eigenvalue weighted by molar-refractivity contribution is 5.69. The third-order valence-corrected chi connectivity index (χ3v) is 7.59. The fourth-order valence-electron chi connectivity index (χ4n) is 5.22. The lowest BCUT2D eigenvalue weighted by Crippen LogP contribution is -2.61. The van der Waals surface area contributed by atoms with E-state index in [4.69, 9.17) is 5.84 Å². The molecule has 0 saturated carbocycles. The van der Waals surface area contributed by atoms with Crippen LogP contribution in [0.1, 0.15) is 83.2 Å². The first-order chi connectivity index (χ1) is 12.8. The summed E-state index contributed by atoms with van der Waals surface area (Å²) in [6, 6.07) is 14.0. The predicted octanol–water partition coefficient (Wildman–Crippen LogP) is 5.79. The Hall–Kier alpha value is -1.80. The Morgan fingerprint density at radius 3 is 1.96 bits per heavy atom. The summed E-state index contributed by atoms with van der Waals surface area (Å²) in [5.41, 5.74) is 8.56. The number of rotatable bonds is 0. The van der Waals surface area contributed by atoms with Gasteiger partial charge in [0.15, 0.2) is 0 Å². The molecule has 4 rings (SSSR count). The number of hydrogen-bond donors (Lipinski definition) is 1. The average molecular weight is 377 g/mol. The number of hydrogen-bond acceptors (Lipinski definition) is 2. The van der Waals surface area contributed by atoms with Gasteiger partial charge >= 0.3 is 0 Å². The van der Waals surface area contributed by atoms with Gasteiger partial charge in [-0.3, -0.25) is 0 Å². The van der Waals surface area contributed by atoms with E-state index in [-0.39, 0.29) is 21.8 Å². The SMILES string of the molecule is CC(C)(C)c1ccc2c(c1)CC1(C)c3cc(C(C)(C)C)ccc3N(N)C1(C)C2. The Morgan fingerprint density at radius 2 is 1.36 bits per heavy atom. The van der Waals surface area contributed by atoms with Gasteiger partial charge in [-0.2, -0.15) is 0 Å². The van der Waals surface area contributed by atoms with Gasteiger partial charge in [0, 0.05) is 5.41 Å². The number of fused-ring (bicyclic) bond motifs is 4. The minimum absolute atomic E-state index is 0.00184. The fraction of sp³-hybridized carbons (Fsp3) is 0.538. The molecule has 28 heavy (non-hydrogen) atoms. The minimum atomic E-state index is -0.109. The van der Waals surface area contributed by atoms with Crippen molar-refractivity contribution < 1.29 is 0 Å². The zero-order chi connectivity index (χ0) is 20.7. The molecule has 1 aliphatic carbocycles. The topological polar surface area (TPSA) is 29.3 Å². The number of benzene rings is 2. The Labute approximate surface area is 171 Å². The van der Waals surface area contributed by atoms with Gasteiger partial charge in [-0.25, -0.2) is 5.84 Å². The van der Waals surface area contributed by atoms with Crippen molar-refractivity contribution >= 4 is 5.69 Å². The van der Waals surface area contributed by atoms with Gasteiger partial charge in [0.25, 0.3) is 0 Å². The second kappa shape index (κ2) is 5.63. The summed E-state index contributed by atoms with van der Waals surface area (Å²) in [6.07, 6.45) is 2.02. The quantitative estimate of drug-likeness (QED) is 0.590. The number of nitrogens with zero attached hydrogens (tertiary/aromatic N) is 1. The summed E-state index contributed by atoms with van der Waals surface area (Å²) in [7, 11) is 0. The molecule has 2 aromatic rings. The molecule has 0 bridgehead atoms. The van der Waals surface area contributed by atoms with Gasteiger partial charge in [0.1, 0.15) is 0 Å². The van der Waals surface area contributed by atoms with Crippen LogP contribution in [0.2, 0.25) is 0 Å². The van der Waals surface area contributed by atoms with E-state index in [1.165, 1.54) is 33.5 Å². The van der Waals surface area contributed by atoms with E-state index in [9.17, 15) is 0 Å². The summed E-state index contributed by atoms with van der Waals surface area (Å²) in [5.74, 6) is 6.77. The van der Waals surface area contributed by atoms with Crippen LogP contribution in [0.15, 0.2) is 36.4 Å². The molecular weight excluding hydrogens is 340 g/mol. The molecule has 0 spiro atoms. The minimum Gasteiger partial charge on any atom is -0.304 e. The third-order valence-electron chi connectivity index (χ3n) is 7.59. The van der Waals surface area contributed by atoms with Crippen LogP contribution >= 0.6 is 0 Å². The molecule has 2 nitrogen and oxygen atoms in total. The Balaban J connectivity index is 1.88. The molecule has 0 fully saturated rings. The molecule has 0 amide bonds. The third kappa shape index (κ3) is 2.57. The summed E-state index contributed by atoms with van der Waals surface area (Å²) in [5, 5.41) is 2.06. The van der Waals surface area contributed by atoms with Crippen molar-refractivity contribution in [3.8, 4) is 0 Å². The van der Waals surface area contributed by atoms with Crippen LogP contribution < -0.4 is 10.9 Å². The second-order valence-corrected chi connectivity index (χ2v) is 11.5. The lowest BCUT2D eigenvalue weighted by Gasteiger charge is -2.49. The highest BCUT2D eigenvalue weighted by Crippen LogP contribution is 2.56. The summed E-state index contributed by atoms with van der Waals surface area (Å²) in [6.45, 7) is 18.5. The standard InChI is InChI=1S/C26H36N2/c1-23(2,3)19-10-9-17-16-26(8)25(7,15-18(17)13-19)21-14-20(24(4,5)6)11-12-22(21)28(26)27/h9-14H,15-16,27H2,1-8H3. The maximum Gasteiger partial charge on any atom is 0.0671 e. The molecule has 2 aromatic carbocycles. The van der Waals surface area contributed by atoms with E-state index in [2.05, 4.69) is 96.8 Å². The lowest BCUT2D eigenvalue weighted by molar-refractivity contribution is 0.243. The first-order valence-electron chi connectivity index (χ1n) is 10.6. The van der Waals surface area contributed by atoms with Crippen LogP contribution in [0.3, 0.4) is 0 Å². The second-order valence-electron chi connectivity index (χ2n) is 11.5. The van der Waals surface area contributed by atoms with Crippen molar-refractivity contribution in [3.05, 3.63) is 64.2 Å².